The number of para-hydroxylation sites is 1. The van der Waals surface area contributed by atoms with Crippen LogP contribution in [0.2, 0.25) is 0 Å². The van der Waals surface area contributed by atoms with Gasteiger partial charge in [0.1, 0.15) is 11.2 Å². The second kappa shape index (κ2) is 11.7. The molecule has 0 amide bonds. The summed E-state index contributed by atoms with van der Waals surface area (Å²) in [6, 6.07) is 61.6. The molecule has 11 rings (SSSR count). The second-order valence-corrected chi connectivity index (χ2v) is 13.5. The normalized spacial score (nSPS) is 11.8. The Bertz CT molecular complexity index is 3200. The molecule has 4 nitrogen and oxygen atoms in total. The molecule has 0 N–H and O–H groups in total. The molecule has 0 spiro atoms. The average Bonchev–Trinajstić information content (AvgIpc) is 3.63. The van der Waals surface area contributed by atoms with Crippen LogP contribution in [-0.2, 0) is 0 Å². The summed E-state index contributed by atoms with van der Waals surface area (Å²) in [6.07, 6.45) is 0. The molecule has 0 saturated carbocycles. The maximum Gasteiger partial charge on any atom is 0.164 e. The first-order valence-electron chi connectivity index (χ1n) is 17.9. The number of hydrogen-bond acceptors (Lipinski definition) is 4. The highest BCUT2D eigenvalue weighted by Gasteiger charge is 2.20. The van der Waals surface area contributed by atoms with Gasteiger partial charge in [-0.2, -0.15) is 0 Å². The lowest BCUT2D eigenvalue weighted by molar-refractivity contribution is 0.670. The summed E-state index contributed by atoms with van der Waals surface area (Å²) >= 11 is 0. The molecular weight excluding hydrogens is 647 g/mol. The van der Waals surface area contributed by atoms with Crippen molar-refractivity contribution < 1.29 is 4.42 Å². The van der Waals surface area contributed by atoms with E-state index in [1.807, 2.05) is 42.5 Å². The number of fused-ring (bicyclic) bond motifs is 10. The van der Waals surface area contributed by atoms with E-state index in [-0.39, 0.29) is 0 Å². The van der Waals surface area contributed by atoms with Crippen molar-refractivity contribution in [1.82, 2.24) is 15.0 Å². The molecule has 0 aliphatic rings. The van der Waals surface area contributed by atoms with Crippen molar-refractivity contribution in [2.24, 2.45) is 0 Å². The summed E-state index contributed by atoms with van der Waals surface area (Å²) < 4.78 is 6.78. The molecule has 0 atom stereocenters. The number of rotatable bonds is 4. The lowest BCUT2D eigenvalue weighted by atomic mass is 9.91. The number of benzene rings is 9. The molecule has 0 saturated heterocycles. The molecule has 246 valence electrons. The van der Waals surface area contributed by atoms with Gasteiger partial charge in [-0.05, 0) is 66.9 Å². The van der Waals surface area contributed by atoms with Crippen LogP contribution in [-0.4, -0.2) is 15.0 Å². The van der Waals surface area contributed by atoms with Gasteiger partial charge >= 0.3 is 0 Å². The Kier molecular flexibility index (Phi) is 6.52. The molecule has 0 aliphatic heterocycles. The highest BCUT2D eigenvalue weighted by molar-refractivity contribution is 6.26. The van der Waals surface area contributed by atoms with Crippen LogP contribution in [0.3, 0.4) is 0 Å². The Balaban J connectivity index is 1.12. The fraction of sp³-hybridized carbons (Fsp3) is 0. The lowest BCUT2D eigenvalue weighted by Crippen LogP contribution is -2.00. The van der Waals surface area contributed by atoms with E-state index in [0.29, 0.717) is 17.5 Å². The van der Waals surface area contributed by atoms with Crippen molar-refractivity contribution >= 4 is 65.0 Å². The third kappa shape index (κ3) is 4.73. The van der Waals surface area contributed by atoms with Crippen molar-refractivity contribution in [2.45, 2.75) is 0 Å². The van der Waals surface area contributed by atoms with Crippen molar-refractivity contribution in [1.29, 1.82) is 0 Å². The molecular formula is C49H29N3O. The minimum Gasteiger partial charge on any atom is -0.455 e. The van der Waals surface area contributed by atoms with Gasteiger partial charge in [-0.1, -0.05) is 158 Å². The van der Waals surface area contributed by atoms with Crippen LogP contribution in [0.5, 0.6) is 0 Å². The van der Waals surface area contributed by atoms with Gasteiger partial charge in [-0.25, -0.2) is 15.0 Å². The minimum atomic E-state index is 0.602. The van der Waals surface area contributed by atoms with Gasteiger partial charge in [0.15, 0.2) is 17.5 Å². The van der Waals surface area contributed by atoms with Crippen LogP contribution < -0.4 is 0 Å². The van der Waals surface area contributed by atoms with Crippen LogP contribution >= 0.6 is 0 Å². The van der Waals surface area contributed by atoms with Gasteiger partial charge in [0.05, 0.1) is 0 Å². The predicted molar refractivity (Wildman–Crippen MR) is 219 cm³/mol. The van der Waals surface area contributed by atoms with Gasteiger partial charge in [0.2, 0.25) is 0 Å². The summed E-state index contributed by atoms with van der Waals surface area (Å²) in [6.45, 7) is 0. The van der Waals surface area contributed by atoms with Crippen molar-refractivity contribution in [3.05, 3.63) is 176 Å². The zero-order valence-corrected chi connectivity index (χ0v) is 28.5. The van der Waals surface area contributed by atoms with E-state index in [1.165, 1.54) is 37.7 Å². The zero-order valence-electron chi connectivity index (χ0n) is 28.5. The molecule has 9 aromatic carbocycles. The molecule has 11 aromatic rings. The van der Waals surface area contributed by atoms with Crippen LogP contribution in [0.25, 0.3) is 110 Å². The summed E-state index contributed by atoms with van der Waals surface area (Å²) in [5.74, 6) is 1.85. The van der Waals surface area contributed by atoms with Gasteiger partial charge < -0.3 is 4.42 Å². The summed E-state index contributed by atoms with van der Waals surface area (Å²) in [5.41, 5.74) is 6.54. The molecule has 2 heterocycles. The number of nitrogens with zero attached hydrogens (tertiary/aromatic N) is 3. The summed E-state index contributed by atoms with van der Waals surface area (Å²) in [4.78, 5) is 15.3. The first-order chi connectivity index (χ1) is 26.3. The minimum absolute atomic E-state index is 0.602. The SMILES string of the molecule is c1ccc(-c2nc(-c3ccc4ccccc4c3)nc(-c3cccc4oc5c(-c6ccc7c8ccccc8c8ccccc8c7c6)cccc5c34)n2)cc1. The number of aromatic nitrogens is 3. The van der Waals surface area contributed by atoms with Gasteiger partial charge in [0, 0.05) is 33.0 Å². The smallest absolute Gasteiger partial charge is 0.164 e. The Morgan fingerprint density at radius 1 is 0.321 bits per heavy atom. The fourth-order valence-corrected chi connectivity index (χ4v) is 8.01. The molecule has 0 aliphatic carbocycles. The van der Waals surface area contributed by atoms with Crippen molar-refractivity contribution in [2.75, 3.05) is 0 Å². The zero-order chi connectivity index (χ0) is 34.9. The van der Waals surface area contributed by atoms with Crippen LogP contribution in [0.4, 0.5) is 0 Å². The van der Waals surface area contributed by atoms with Crippen molar-refractivity contribution in [3.8, 4) is 45.3 Å². The third-order valence-corrected chi connectivity index (χ3v) is 10.5. The van der Waals surface area contributed by atoms with E-state index in [4.69, 9.17) is 19.4 Å². The van der Waals surface area contributed by atoms with E-state index in [0.717, 1.165) is 55.1 Å². The lowest BCUT2D eigenvalue weighted by Gasteiger charge is -2.12. The Hall–Kier alpha value is -7.17. The van der Waals surface area contributed by atoms with E-state index in [9.17, 15) is 0 Å². The molecule has 0 unspecified atom stereocenters. The Morgan fingerprint density at radius 2 is 0.887 bits per heavy atom. The topological polar surface area (TPSA) is 51.8 Å². The fourth-order valence-electron chi connectivity index (χ4n) is 8.01. The first kappa shape index (κ1) is 29.5. The van der Waals surface area contributed by atoms with E-state index in [1.54, 1.807) is 0 Å². The highest BCUT2D eigenvalue weighted by atomic mass is 16.3. The molecule has 0 radical (unpaired) electrons. The Morgan fingerprint density at radius 3 is 1.66 bits per heavy atom. The average molecular weight is 676 g/mol. The van der Waals surface area contributed by atoms with Crippen LogP contribution in [0, 0.1) is 0 Å². The quantitative estimate of drug-likeness (QED) is 0.174. The summed E-state index contributed by atoms with van der Waals surface area (Å²) in [7, 11) is 0. The van der Waals surface area contributed by atoms with Gasteiger partial charge in [-0.3, -0.25) is 0 Å². The number of furan rings is 1. The van der Waals surface area contributed by atoms with Crippen LogP contribution in [0.1, 0.15) is 0 Å². The molecule has 0 bridgehead atoms. The molecule has 0 fully saturated rings. The van der Waals surface area contributed by atoms with Gasteiger partial charge in [0.25, 0.3) is 0 Å². The van der Waals surface area contributed by atoms with Crippen LogP contribution in [0.15, 0.2) is 180 Å². The summed E-state index contributed by atoms with van der Waals surface area (Å²) in [5, 5.41) is 11.8. The monoisotopic (exact) mass is 675 g/mol. The first-order valence-corrected chi connectivity index (χ1v) is 17.9. The maximum absolute atomic E-state index is 6.78. The largest absolute Gasteiger partial charge is 0.455 e. The molecule has 2 aromatic heterocycles. The number of hydrogen-bond donors (Lipinski definition) is 0. The van der Waals surface area contributed by atoms with E-state index in [2.05, 4.69) is 133 Å². The predicted octanol–water partition coefficient (Wildman–Crippen LogP) is 13.1. The second-order valence-electron chi connectivity index (χ2n) is 13.5. The van der Waals surface area contributed by atoms with Gasteiger partial charge in [-0.15, -0.1) is 0 Å². The Labute approximate surface area is 304 Å². The standard InChI is InChI=1S/C49H29N3O/c1-2-13-31(14-3-1)47-50-48(34-25-24-30-12-4-5-15-32(30)28-34)52-49(51-47)42-22-11-23-44-45(42)41-21-10-20-35(46(41)53-44)33-26-27-40-38-18-7-6-16-36(38)37-17-8-9-19-39(37)43(40)29-33/h1-29H. The highest BCUT2D eigenvalue weighted by Crippen LogP contribution is 2.42. The van der Waals surface area contributed by atoms with Crippen molar-refractivity contribution in [3.63, 3.8) is 0 Å². The maximum atomic E-state index is 6.78. The third-order valence-electron chi connectivity index (χ3n) is 10.5. The van der Waals surface area contributed by atoms with E-state index >= 15 is 0 Å². The molecule has 4 heteroatoms. The molecule has 53 heavy (non-hydrogen) atoms. The van der Waals surface area contributed by atoms with E-state index < -0.39 is 0 Å².